The average molecular weight is 364 g/mol. The number of likely N-dealkylation sites (tertiary alicyclic amines) is 1. The molecule has 2 N–H and O–H groups in total. The first-order valence-corrected chi connectivity index (χ1v) is 9.65. The maximum Gasteiger partial charge on any atom is 0.252 e. The van der Waals surface area contributed by atoms with Gasteiger partial charge < -0.3 is 9.72 Å². The van der Waals surface area contributed by atoms with Gasteiger partial charge in [-0.2, -0.15) is 5.10 Å². The molecule has 0 aliphatic carbocycles. The summed E-state index contributed by atoms with van der Waals surface area (Å²) >= 11 is 0. The number of hydrogen-bond donors (Lipinski definition) is 2. The molecule has 6 nitrogen and oxygen atoms in total. The molecular weight excluding hydrogens is 340 g/mol. The summed E-state index contributed by atoms with van der Waals surface area (Å²) in [5.41, 5.74) is 5.16. The first-order chi connectivity index (χ1) is 13.1. The van der Waals surface area contributed by atoms with Crippen LogP contribution in [-0.2, 0) is 23.3 Å². The van der Waals surface area contributed by atoms with Gasteiger partial charge in [0.1, 0.15) is 5.60 Å². The van der Waals surface area contributed by atoms with Gasteiger partial charge in [0.2, 0.25) is 0 Å². The summed E-state index contributed by atoms with van der Waals surface area (Å²) in [7, 11) is 0. The van der Waals surface area contributed by atoms with E-state index in [0.717, 1.165) is 61.1 Å². The van der Waals surface area contributed by atoms with Crippen LogP contribution in [0.5, 0.6) is 0 Å². The molecule has 0 radical (unpaired) electrons. The third kappa shape index (κ3) is 2.89. The lowest BCUT2D eigenvalue weighted by Gasteiger charge is -2.43. The summed E-state index contributed by atoms with van der Waals surface area (Å²) in [6, 6.07) is 8.16. The van der Waals surface area contributed by atoms with Gasteiger partial charge in [-0.05, 0) is 55.3 Å². The Morgan fingerprint density at radius 3 is 2.96 bits per heavy atom. The Kier molecular flexibility index (Phi) is 3.91. The highest BCUT2D eigenvalue weighted by Crippen LogP contribution is 2.40. The molecule has 27 heavy (non-hydrogen) atoms. The molecule has 0 saturated carbocycles. The highest BCUT2D eigenvalue weighted by atomic mass is 16.5. The number of H-pyrrole nitrogens is 2. The van der Waals surface area contributed by atoms with Crippen molar-refractivity contribution < 1.29 is 4.74 Å². The van der Waals surface area contributed by atoms with Crippen LogP contribution in [0.1, 0.15) is 35.2 Å². The smallest absolute Gasteiger partial charge is 0.252 e. The molecule has 0 amide bonds. The second-order valence-corrected chi connectivity index (χ2v) is 7.85. The lowest BCUT2D eigenvalue weighted by Crippen LogP contribution is -2.46. The van der Waals surface area contributed by atoms with E-state index in [1.165, 1.54) is 11.1 Å². The maximum absolute atomic E-state index is 12.5. The predicted octanol–water partition coefficient (Wildman–Crippen LogP) is 2.62. The first-order valence-electron chi connectivity index (χ1n) is 9.65. The van der Waals surface area contributed by atoms with Crippen LogP contribution in [0.3, 0.4) is 0 Å². The van der Waals surface area contributed by atoms with E-state index in [2.05, 4.69) is 33.1 Å². The van der Waals surface area contributed by atoms with E-state index in [1.54, 1.807) is 0 Å². The van der Waals surface area contributed by atoms with Crippen LogP contribution in [0.4, 0.5) is 0 Å². The number of aryl methyl sites for hydroxylation is 1. The van der Waals surface area contributed by atoms with Gasteiger partial charge in [-0.3, -0.25) is 14.8 Å². The standard InChI is InChI=1S/C21H24N4O2/c1-14-2-3-18-16(10-14)11-17(20(26)23-18)13-25-7-5-21(6-8-25)19-15(4-9-27-21)12-22-24-19/h2-3,10-12H,4-9,13H2,1H3,(H,22,24)(H,23,26). The van der Waals surface area contributed by atoms with Crippen molar-refractivity contribution >= 4 is 10.9 Å². The topological polar surface area (TPSA) is 74.0 Å². The van der Waals surface area contributed by atoms with Gasteiger partial charge >= 0.3 is 0 Å². The van der Waals surface area contributed by atoms with Crippen molar-refractivity contribution in [1.29, 1.82) is 0 Å². The summed E-state index contributed by atoms with van der Waals surface area (Å²) < 4.78 is 6.22. The van der Waals surface area contributed by atoms with Crippen LogP contribution in [-0.4, -0.2) is 39.8 Å². The number of aromatic nitrogens is 3. The zero-order valence-corrected chi connectivity index (χ0v) is 15.5. The van der Waals surface area contributed by atoms with Crippen LogP contribution in [0, 0.1) is 6.92 Å². The highest BCUT2D eigenvalue weighted by Gasteiger charge is 2.42. The molecular formula is C21H24N4O2. The van der Waals surface area contributed by atoms with E-state index in [9.17, 15) is 4.79 Å². The zero-order chi connectivity index (χ0) is 18.4. The second kappa shape index (κ2) is 6.32. The fraction of sp³-hybridized carbons (Fsp3) is 0.429. The minimum Gasteiger partial charge on any atom is -0.368 e. The van der Waals surface area contributed by atoms with E-state index in [0.29, 0.717) is 6.54 Å². The quantitative estimate of drug-likeness (QED) is 0.733. The van der Waals surface area contributed by atoms with Crippen LogP contribution in [0.2, 0.25) is 0 Å². The summed E-state index contributed by atoms with van der Waals surface area (Å²) in [6.45, 7) is 5.32. The zero-order valence-electron chi connectivity index (χ0n) is 15.5. The average Bonchev–Trinajstić information content (AvgIpc) is 3.15. The van der Waals surface area contributed by atoms with Gasteiger partial charge in [0.05, 0.1) is 18.5 Å². The van der Waals surface area contributed by atoms with Gasteiger partial charge in [0, 0.05) is 30.7 Å². The van der Waals surface area contributed by atoms with Crippen LogP contribution in [0.15, 0.2) is 35.3 Å². The number of nitrogens with one attached hydrogen (secondary N) is 2. The Balaban J connectivity index is 1.35. The maximum atomic E-state index is 12.5. The van der Waals surface area contributed by atoms with E-state index in [4.69, 9.17) is 4.74 Å². The second-order valence-electron chi connectivity index (χ2n) is 7.85. The van der Waals surface area contributed by atoms with E-state index in [-0.39, 0.29) is 11.2 Å². The van der Waals surface area contributed by atoms with Crippen LogP contribution >= 0.6 is 0 Å². The molecule has 2 aliphatic rings. The molecule has 3 aromatic rings. The summed E-state index contributed by atoms with van der Waals surface area (Å²) in [5, 5.41) is 8.49. The molecule has 1 spiro atoms. The Morgan fingerprint density at radius 2 is 2.11 bits per heavy atom. The normalized spacial score (nSPS) is 19.4. The van der Waals surface area contributed by atoms with Crippen molar-refractivity contribution in [2.75, 3.05) is 19.7 Å². The van der Waals surface area contributed by atoms with Crippen molar-refractivity contribution in [2.24, 2.45) is 0 Å². The Hall–Kier alpha value is -2.44. The first kappa shape index (κ1) is 16.7. The molecule has 0 atom stereocenters. The number of fused-ring (bicyclic) bond motifs is 3. The van der Waals surface area contributed by atoms with Crippen LogP contribution < -0.4 is 5.56 Å². The molecule has 1 saturated heterocycles. The van der Waals surface area contributed by atoms with Crippen molar-refractivity contribution in [3.05, 3.63) is 63.2 Å². The SMILES string of the molecule is Cc1ccc2[nH]c(=O)c(CN3CCC4(CC3)OCCc3cn[nH]c34)cc2c1. The van der Waals surface area contributed by atoms with Gasteiger partial charge in [-0.25, -0.2) is 0 Å². The number of aromatic amines is 2. The van der Waals surface area contributed by atoms with Gasteiger partial charge in [0.15, 0.2) is 0 Å². The van der Waals surface area contributed by atoms with Crippen molar-refractivity contribution in [2.45, 2.75) is 38.3 Å². The molecule has 5 rings (SSSR count). The van der Waals surface area contributed by atoms with Gasteiger partial charge in [-0.1, -0.05) is 11.6 Å². The Morgan fingerprint density at radius 1 is 1.26 bits per heavy atom. The Labute approximate surface area is 157 Å². The molecule has 0 unspecified atom stereocenters. The molecule has 6 heteroatoms. The molecule has 1 fully saturated rings. The number of ether oxygens (including phenoxy) is 1. The Bertz CT molecular complexity index is 1040. The minimum absolute atomic E-state index is 0.0106. The van der Waals surface area contributed by atoms with Gasteiger partial charge in [0.25, 0.3) is 5.56 Å². The third-order valence-electron chi connectivity index (χ3n) is 6.06. The number of piperidine rings is 1. The number of nitrogens with zero attached hydrogens (tertiary/aromatic N) is 2. The number of hydrogen-bond acceptors (Lipinski definition) is 4. The molecule has 0 bridgehead atoms. The molecule has 2 aliphatic heterocycles. The predicted molar refractivity (Wildman–Crippen MR) is 104 cm³/mol. The lowest BCUT2D eigenvalue weighted by atomic mass is 9.83. The van der Waals surface area contributed by atoms with E-state index < -0.39 is 0 Å². The minimum atomic E-state index is -0.229. The fourth-order valence-electron chi connectivity index (χ4n) is 4.52. The fourth-order valence-corrected chi connectivity index (χ4v) is 4.52. The van der Waals surface area contributed by atoms with Crippen molar-refractivity contribution in [1.82, 2.24) is 20.1 Å². The number of benzene rings is 1. The summed E-state index contributed by atoms with van der Waals surface area (Å²) in [6.07, 6.45) is 4.71. The third-order valence-corrected chi connectivity index (χ3v) is 6.06. The lowest BCUT2D eigenvalue weighted by molar-refractivity contribution is -0.102. The largest absolute Gasteiger partial charge is 0.368 e. The summed E-state index contributed by atoms with van der Waals surface area (Å²) in [4.78, 5) is 17.9. The van der Waals surface area contributed by atoms with E-state index >= 15 is 0 Å². The van der Waals surface area contributed by atoms with E-state index in [1.807, 2.05) is 24.4 Å². The van der Waals surface area contributed by atoms with Gasteiger partial charge in [-0.15, -0.1) is 0 Å². The summed E-state index contributed by atoms with van der Waals surface area (Å²) in [5.74, 6) is 0. The number of rotatable bonds is 2. The monoisotopic (exact) mass is 364 g/mol. The molecule has 2 aromatic heterocycles. The van der Waals surface area contributed by atoms with Crippen LogP contribution in [0.25, 0.3) is 10.9 Å². The highest BCUT2D eigenvalue weighted by molar-refractivity contribution is 5.79. The number of pyridine rings is 1. The molecule has 4 heterocycles. The van der Waals surface area contributed by atoms with Crippen molar-refractivity contribution in [3.63, 3.8) is 0 Å². The molecule has 140 valence electrons. The molecule has 1 aromatic carbocycles. The van der Waals surface area contributed by atoms with Crippen molar-refractivity contribution in [3.8, 4) is 0 Å².